The summed E-state index contributed by atoms with van der Waals surface area (Å²) in [7, 11) is 0. The standard InChI is InChI=1S/C17H12ClN3O5/c18-16-13-10(15(24)14(21-16)17(25)19-8-12(22)23)6-7-11(20-13)26-9-4-2-1-3-5-9/h1-7,24H,8H2,(H,19,25)(H,22,23). The molecule has 0 bridgehead atoms. The third-order valence-electron chi connectivity index (χ3n) is 3.34. The van der Waals surface area contributed by atoms with E-state index in [9.17, 15) is 14.7 Å². The van der Waals surface area contributed by atoms with Crippen molar-refractivity contribution >= 4 is 34.4 Å². The van der Waals surface area contributed by atoms with Gasteiger partial charge < -0.3 is 20.3 Å². The van der Waals surface area contributed by atoms with Gasteiger partial charge in [-0.05, 0) is 18.2 Å². The minimum atomic E-state index is -1.23. The van der Waals surface area contributed by atoms with Crippen LogP contribution in [0.5, 0.6) is 17.4 Å². The number of ether oxygens (including phenoxy) is 1. The van der Waals surface area contributed by atoms with Crippen molar-refractivity contribution in [2.45, 2.75) is 0 Å². The Morgan fingerprint density at radius 3 is 2.54 bits per heavy atom. The Morgan fingerprint density at radius 1 is 1.12 bits per heavy atom. The van der Waals surface area contributed by atoms with Crippen LogP contribution in [0.2, 0.25) is 5.15 Å². The van der Waals surface area contributed by atoms with Crippen LogP contribution in [0, 0.1) is 0 Å². The quantitative estimate of drug-likeness (QED) is 0.587. The van der Waals surface area contributed by atoms with Crippen molar-refractivity contribution in [3.63, 3.8) is 0 Å². The summed E-state index contributed by atoms with van der Waals surface area (Å²) in [6, 6.07) is 11.9. The summed E-state index contributed by atoms with van der Waals surface area (Å²) < 4.78 is 5.60. The Hall–Kier alpha value is -3.39. The van der Waals surface area contributed by atoms with E-state index in [1.54, 1.807) is 24.3 Å². The molecule has 2 heterocycles. The van der Waals surface area contributed by atoms with E-state index in [0.29, 0.717) is 5.75 Å². The molecule has 0 spiro atoms. The first-order chi connectivity index (χ1) is 12.5. The van der Waals surface area contributed by atoms with Crippen LogP contribution in [0.4, 0.5) is 0 Å². The molecule has 0 radical (unpaired) electrons. The van der Waals surface area contributed by atoms with Gasteiger partial charge in [0.2, 0.25) is 5.88 Å². The van der Waals surface area contributed by atoms with Crippen molar-refractivity contribution in [2.75, 3.05) is 6.54 Å². The summed E-state index contributed by atoms with van der Waals surface area (Å²) in [6.07, 6.45) is 0. The average Bonchev–Trinajstić information content (AvgIpc) is 2.63. The summed E-state index contributed by atoms with van der Waals surface area (Å²) in [5.74, 6) is -1.74. The molecule has 0 saturated carbocycles. The predicted molar refractivity (Wildman–Crippen MR) is 92.7 cm³/mol. The molecule has 8 nitrogen and oxygen atoms in total. The van der Waals surface area contributed by atoms with Gasteiger partial charge in [-0.1, -0.05) is 29.8 Å². The van der Waals surface area contributed by atoms with Crippen LogP contribution >= 0.6 is 11.6 Å². The highest BCUT2D eigenvalue weighted by molar-refractivity contribution is 6.34. The summed E-state index contributed by atoms with van der Waals surface area (Å²) in [6.45, 7) is -0.613. The largest absolute Gasteiger partial charge is 0.505 e. The maximum atomic E-state index is 12.0. The molecule has 0 aliphatic rings. The number of carbonyl (C=O) groups excluding carboxylic acids is 1. The van der Waals surface area contributed by atoms with E-state index in [1.165, 1.54) is 12.1 Å². The third kappa shape index (κ3) is 3.65. The van der Waals surface area contributed by atoms with Gasteiger partial charge in [-0.2, -0.15) is 0 Å². The number of hydrogen-bond acceptors (Lipinski definition) is 6. The maximum absolute atomic E-state index is 12.0. The Balaban J connectivity index is 1.96. The van der Waals surface area contributed by atoms with Crippen molar-refractivity contribution in [3.05, 3.63) is 53.3 Å². The van der Waals surface area contributed by atoms with Crippen molar-refractivity contribution < 1.29 is 24.5 Å². The molecular weight excluding hydrogens is 362 g/mol. The molecule has 1 amide bonds. The lowest BCUT2D eigenvalue weighted by Gasteiger charge is -2.10. The molecule has 0 fully saturated rings. The molecule has 3 N–H and O–H groups in total. The number of amides is 1. The van der Waals surface area contributed by atoms with Crippen LogP contribution in [0.1, 0.15) is 10.5 Å². The van der Waals surface area contributed by atoms with E-state index in [4.69, 9.17) is 21.4 Å². The lowest BCUT2D eigenvalue weighted by molar-refractivity contribution is -0.135. The fourth-order valence-electron chi connectivity index (χ4n) is 2.19. The van der Waals surface area contributed by atoms with Gasteiger partial charge in [-0.15, -0.1) is 0 Å². The Labute approximate surface area is 152 Å². The number of carbonyl (C=O) groups is 2. The van der Waals surface area contributed by atoms with Gasteiger partial charge in [-0.3, -0.25) is 9.59 Å². The number of nitrogens with zero attached hydrogens (tertiary/aromatic N) is 2. The molecule has 0 saturated heterocycles. The van der Waals surface area contributed by atoms with E-state index in [2.05, 4.69) is 15.3 Å². The number of carboxylic acid groups (broad SMARTS) is 1. The second-order valence-electron chi connectivity index (χ2n) is 5.14. The van der Waals surface area contributed by atoms with Gasteiger partial charge in [-0.25, -0.2) is 9.97 Å². The molecule has 26 heavy (non-hydrogen) atoms. The van der Waals surface area contributed by atoms with E-state index in [1.807, 2.05) is 6.07 Å². The fraction of sp³-hybridized carbons (Fsp3) is 0.0588. The first-order valence-electron chi connectivity index (χ1n) is 7.38. The van der Waals surface area contributed by atoms with Crippen LogP contribution < -0.4 is 10.1 Å². The number of aromatic nitrogens is 2. The zero-order chi connectivity index (χ0) is 18.7. The number of nitrogens with one attached hydrogen (secondary N) is 1. The second kappa shape index (κ2) is 7.24. The molecule has 3 rings (SSSR count). The minimum absolute atomic E-state index is 0.128. The fourth-order valence-corrected chi connectivity index (χ4v) is 2.41. The monoisotopic (exact) mass is 373 g/mol. The van der Waals surface area contributed by atoms with Crippen LogP contribution in [-0.2, 0) is 4.79 Å². The predicted octanol–water partition coefficient (Wildman–Crippen LogP) is 2.60. The number of pyridine rings is 2. The lowest BCUT2D eigenvalue weighted by Crippen LogP contribution is -2.30. The molecule has 1 aromatic carbocycles. The highest BCUT2D eigenvalue weighted by atomic mass is 35.5. The first-order valence-corrected chi connectivity index (χ1v) is 7.75. The van der Waals surface area contributed by atoms with Crippen molar-refractivity contribution in [3.8, 4) is 17.4 Å². The van der Waals surface area contributed by atoms with Crippen LogP contribution in [0.15, 0.2) is 42.5 Å². The smallest absolute Gasteiger partial charge is 0.322 e. The van der Waals surface area contributed by atoms with Gasteiger partial charge in [0.05, 0.1) is 0 Å². The van der Waals surface area contributed by atoms with Crippen molar-refractivity contribution in [2.24, 2.45) is 0 Å². The normalized spacial score (nSPS) is 10.5. The molecule has 2 aromatic heterocycles. The molecule has 0 aliphatic carbocycles. The topological polar surface area (TPSA) is 122 Å². The van der Waals surface area contributed by atoms with Gasteiger partial charge in [0.1, 0.15) is 17.8 Å². The molecule has 132 valence electrons. The van der Waals surface area contributed by atoms with Crippen LogP contribution in [-0.4, -0.2) is 38.6 Å². The number of aromatic hydroxyl groups is 1. The van der Waals surface area contributed by atoms with Gasteiger partial charge >= 0.3 is 5.97 Å². The van der Waals surface area contributed by atoms with Gasteiger partial charge in [0.25, 0.3) is 5.91 Å². The summed E-state index contributed by atoms with van der Waals surface area (Å²) in [4.78, 5) is 30.5. The van der Waals surface area contributed by atoms with E-state index in [0.717, 1.165) is 0 Å². The summed E-state index contributed by atoms with van der Waals surface area (Å²) in [5.41, 5.74) is -0.241. The number of rotatable bonds is 5. The number of halogens is 1. The highest BCUT2D eigenvalue weighted by Crippen LogP contribution is 2.33. The number of benzene rings is 1. The van der Waals surface area contributed by atoms with Crippen LogP contribution in [0.25, 0.3) is 10.9 Å². The summed E-state index contributed by atoms with van der Waals surface area (Å²) >= 11 is 6.08. The highest BCUT2D eigenvalue weighted by Gasteiger charge is 2.20. The van der Waals surface area contributed by atoms with Gasteiger partial charge in [0, 0.05) is 11.5 Å². The Kier molecular flexibility index (Phi) is 4.85. The summed E-state index contributed by atoms with van der Waals surface area (Å²) in [5, 5.41) is 21.1. The Bertz CT molecular complexity index is 995. The van der Waals surface area contributed by atoms with Crippen molar-refractivity contribution in [1.29, 1.82) is 0 Å². The number of fused-ring (bicyclic) bond motifs is 1. The molecular formula is C17H12ClN3O5. The SMILES string of the molecule is O=C(O)CNC(=O)c1nc(Cl)c2nc(Oc3ccccc3)ccc2c1O. The van der Waals surface area contributed by atoms with E-state index >= 15 is 0 Å². The van der Waals surface area contributed by atoms with Gasteiger partial charge in [0.15, 0.2) is 16.6 Å². The zero-order valence-corrected chi connectivity index (χ0v) is 13.9. The van der Waals surface area contributed by atoms with Crippen LogP contribution in [0.3, 0.4) is 0 Å². The maximum Gasteiger partial charge on any atom is 0.322 e. The third-order valence-corrected chi connectivity index (χ3v) is 3.60. The molecule has 0 atom stereocenters. The van der Waals surface area contributed by atoms with E-state index < -0.39 is 24.2 Å². The minimum Gasteiger partial charge on any atom is -0.505 e. The second-order valence-corrected chi connectivity index (χ2v) is 5.50. The number of hydrogen-bond donors (Lipinski definition) is 3. The number of carboxylic acids is 1. The zero-order valence-electron chi connectivity index (χ0n) is 13.1. The Morgan fingerprint density at radius 2 is 1.85 bits per heavy atom. The first kappa shape index (κ1) is 17.4. The lowest BCUT2D eigenvalue weighted by atomic mass is 10.2. The number of aliphatic carboxylic acids is 1. The number of para-hydroxylation sites is 1. The molecule has 0 aliphatic heterocycles. The molecule has 3 aromatic rings. The molecule has 0 unspecified atom stereocenters. The van der Waals surface area contributed by atoms with Crippen molar-refractivity contribution in [1.82, 2.24) is 15.3 Å². The average molecular weight is 374 g/mol. The molecule has 9 heteroatoms. The van der Waals surface area contributed by atoms with E-state index in [-0.39, 0.29) is 27.6 Å².